The molecule has 3 nitrogen and oxygen atoms in total. The van der Waals surface area contributed by atoms with Crippen LogP contribution in [0, 0.1) is 46.3 Å². The summed E-state index contributed by atoms with van der Waals surface area (Å²) in [5.41, 5.74) is 2.97. The molecule has 5 rings (SSSR count). The van der Waals surface area contributed by atoms with Gasteiger partial charge < -0.3 is 9.84 Å². The highest BCUT2D eigenvalue weighted by Gasteiger charge is 2.59. The predicted molar refractivity (Wildman–Crippen MR) is 160 cm³/mol. The van der Waals surface area contributed by atoms with Gasteiger partial charge in [-0.25, -0.2) is 4.79 Å². The molecule has 3 saturated carbocycles. The van der Waals surface area contributed by atoms with Crippen molar-refractivity contribution in [2.24, 2.45) is 46.3 Å². The molecule has 39 heavy (non-hydrogen) atoms. The molecule has 3 fully saturated rings. The minimum Gasteiger partial charge on any atom is -0.507 e. The van der Waals surface area contributed by atoms with Gasteiger partial charge in [0, 0.05) is 18.1 Å². The van der Waals surface area contributed by atoms with Crippen LogP contribution in [-0.2, 0) is 9.53 Å². The van der Waals surface area contributed by atoms with Gasteiger partial charge in [0.15, 0.2) is 0 Å². The van der Waals surface area contributed by atoms with Crippen molar-refractivity contribution in [3.63, 3.8) is 0 Å². The molecule has 0 spiro atoms. The van der Waals surface area contributed by atoms with Gasteiger partial charge in [-0.1, -0.05) is 83.7 Å². The molecule has 0 aromatic heterocycles. The summed E-state index contributed by atoms with van der Waals surface area (Å²) in [6.07, 6.45) is 19.6. The Morgan fingerprint density at radius 2 is 1.85 bits per heavy atom. The number of carbonyl (C=O) groups excluding carboxylic acids is 1. The number of rotatable bonds is 8. The first kappa shape index (κ1) is 28.5. The van der Waals surface area contributed by atoms with E-state index < -0.39 is 0 Å². The van der Waals surface area contributed by atoms with Crippen LogP contribution in [0.15, 0.2) is 42.0 Å². The van der Waals surface area contributed by atoms with E-state index in [0.717, 1.165) is 54.8 Å². The zero-order valence-corrected chi connectivity index (χ0v) is 25.1. The van der Waals surface area contributed by atoms with Gasteiger partial charge in [0.1, 0.15) is 11.9 Å². The van der Waals surface area contributed by atoms with Crippen molar-refractivity contribution in [2.75, 3.05) is 0 Å². The van der Waals surface area contributed by atoms with Crippen LogP contribution in [0.25, 0.3) is 6.08 Å². The zero-order chi connectivity index (χ0) is 27.8. The summed E-state index contributed by atoms with van der Waals surface area (Å²) in [5.74, 6) is 4.92. The quantitative estimate of drug-likeness (QED) is 0.206. The summed E-state index contributed by atoms with van der Waals surface area (Å²) >= 11 is 0. The number of allylic oxidation sites excluding steroid dienone is 1. The molecular weight excluding hydrogens is 480 g/mol. The van der Waals surface area contributed by atoms with Gasteiger partial charge in [0.25, 0.3) is 0 Å². The molecule has 0 saturated heterocycles. The number of aromatic hydroxyl groups is 1. The van der Waals surface area contributed by atoms with E-state index in [2.05, 4.69) is 40.7 Å². The maximum Gasteiger partial charge on any atom is 0.331 e. The molecule has 3 heteroatoms. The van der Waals surface area contributed by atoms with Crippen LogP contribution in [0.1, 0.15) is 111 Å². The van der Waals surface area contributed by atoms with Gasteiger partial charge in [-0.05, 0) is 103 Å². The summed E-state index contributed by atoms with van der Waals surface area (Å²) in [5, 5.41) is 9.95. The molecule has 4 aliphatic rings. The fourth-order valence-corrected chi connectivity index (χ4v) is 9.74. The molecule has 0 bridgehead atoms. The Morgan fingerprint density at radius 3 is 2.62 bits per heavy atom. The Hall–Kier alpha value is -2.03. The van der Waals surface area contributed by atoms with E-state index in [9.17, 15) is 9.90 Å². The number of phenols is 1. The van der Waals surface area contributed by atoms with E-state index in [-0.39, 0.29) is 23.2 Å². The van der Waals surface area contributed by atoms with Crippen molar-refractivity contribution in [2.45, 2.75) is 111 Å². The number of para-hydroxylation sites is 1. The highest BCUT2D eigenvalue weighted by Crippen LogP contribution is 2.67. The van der Waals surface area contributed by atoms with Gasteiger partial charge in [-0.2, -0.15) is 0 Å². The number of ether oxygens (including phenoxy) is 1. The largest absolute Gasteiger partial charge is 0.507 e. The monoisotopic (exact) mass is 532 g/mol. The summed E-state index contributed by atoms with van der Waals surface area (Å²) in [6.45, 7) is 12.5. The summed E-state index contributed by atoms with van der Waals surface area (Å²) in [6, 6.07) is 7.05. The molecule has 1 aromatic carbocycles. The van der Waals surface area contributed by atoms with Crippen molar-refractivity contribution < 1.29 is 14.6 Å². The summed E-state index contributed by atoms with van der Waals surface area (Å²) in [4.78, 5) is 12.6. The molecule has 8 atom stereocenters. The fraction of sp³-hybridized carbons (Fsp3) is 0.694. The highest BCUT2D eigenvalue weighted by molar-refractivity contribution is 5.87. The fourth-order valence-electron chi connectivity index (χ4n) is 9.74. The second-order valence-electron chi connectivity index (χ2n) is 14.5. The van der Waals surface area contributed by atoms with E-state index in [4.69, 9.17) is 4.74 Å². The Bertz CT molecular complexity index is 1080. The number of hydrogen-bond acceptors (Lipinski definition) is 3. The molecular formula is C36H52O3. The summed E-state index contributed by atoms with van der Waals surface area (Å²) in [7, 11) is 0. The molecule has 4 aliphatic carbocycles. The number of hydrogen-bond donors (Lipinski definition) is 1. The third-order valence-electron chi connectivity index (χ3n) is 11.9. The first-order chi connectivity index (χ1) is 18.6. The third-order valence-corrected chi connectivity index (χ3v) is 11.9. The second-order valence-corrected chi connectivity index (χ2v) is 14.5. The zero-order valence-electron chi connectivity index (χ0n) is 25.1. The third kappa shape index (κ3) is 5.62. The van der Waals surface area contributed by atoms with Gasteiger partial charge in [-0.3, -0.25) is 0 Å². The number of carbonyl (C=O) groups is 1. The Kier molecular flexibility index (Phi) is 8.37. The average Bonchev–Trinajstić information content (AvgIpc) is 3.25. The lowest BCUT2D eigenvalue weighted by Gasteiger charge is -2.58. The lowest BCUT2D eigenvalue weighted by atomic mass is 9.47. The van der Waals surface area contributed by atoms with Gasteiger partial charge in [0.05, 0.1) is 0 Å². The Morgan fingerprint density at radius 1 is 1.05 bits per heavy atom. The molecule has 8 unspecified atom stereocenters. The molecule has 1 N–H and O–H groups in total. The van der Waals surface area contributed by atoms with Crippen molar-refractivity contribution >= 4 is 12.0 Å². The van der Waals surface area contributed by atoms with Crippen LogP contribution < -0.4 is 0 Å². The van der Waals surface area contributed by atoms with Gasteiger partial charge >= 0.3 is 5.97 Å². The SMILES string of the molecule is CC(C)CCCC(C)C1CCC2C3CC=C4CC(OC(=O)/C=C/c5ccccc5O)CCC4(C)C3CCC12C. The van der Waals surface area contributed by atoms with Crippen molar-refractivity contribution in [1.29, 1.82) is 0 Å². The number of fused-ring (bicyclic) bond motifs is 5. The molecule has 1 aromatic rings. The van der Waals surface area contributed by atoms with Gasteiger partial charge in [0.2, 0.25) is 0 Å². The normalized spacial score (nSPS) is 36.7. The standard InChI is InChI=1S/C36H52O3/c1-24(2)9-8-10-25(3)30-16-17-31-29-15-14-27-23-28(19-21-35(27,4)32(29)20-22-36(30,31)5)39-34(38)18-13-26-11-6-7-12-33(26)37/h6-7,11-14,18,24-25,28-32,37H,8-10,15-17,19-23H2,1-5H3/b18-13+. The Labute approximate surface area is 237 Å². The van der Waals surface area contributed by atoms with Crippen LogP contribution in [0.3, 0.4) is 0 Å². The number of esters is 1. The maximum atomic E-state index is 12.6. The van der Waals surface area contributed by atoms with Crippen LogP contribution in [0.2, 0.25) is 0 Å². The molecule has 0 amide bonds. The second kappa shape index (κ2) is 11.5. The molecule has 0 heterocycles. The maximum absolute atomic E-state index is 12.6. The molecule has 214 valence electrons. The Balaban J connectivity index is 1.22. The smallest absolute Gasteiger partial charge is 0.331 e. The van der Waals surface area contributed by atoms with E-state index in [0.29, 0.717) is 11.0 Å². The minimum absolute atomic E-state index is 0.0428. The lowest BCUT2D eigenvalue weighted by Crippen LogP contribution is -2.51. The van der Waals surface area contributed by atoms with Gasteiger partial charge in [-0.15, -0.1) is 0 Å². The van der Waals surface area contributed by atoms with Crippen molar-refractivity contribution in [3.8, 4) is 5.75 Å². The molecule has 0 radical (unpaired) electrons. The number of benzene rings is 1. The molecule has 0 aliphatic heterocycles. The summed E-state index contributed by atoms with van der Waals surface area (Å²) < 4.78 is 5.91. The van der Waals surface area contributed by atoms with Crippen LogP contribution in [-0.4, -0.2) is 17.2 Å². The topological polar surface area (TPSA) is 46.5 Å². The van der Waals surface area contributed by atoms with Crippen molar-refractivity contribution in [3.05, 3.63) is 47.6 Å². The minimum atomic E-state index is -0.311. The van der Waals surface area contributed by atoms with E-state index in [1.54, 1.807) is 29.8 Å². The average molecular weight is 533 g/mol. The van der Waals surface area contributed by atoms with E-state index in [1.807, 2.05) is 6.07 Å². The van der Waals surface area contributed by atoms with E-state index in [1.165, 1.54) is 57.4 Å². The lowest BCUT2D eigenvalue weighted by molar-refractivity contribution is -0.145. The van der Waals surface area contributed by atoms with E-state index >= 15 is 0 Å². The van der Waals surface area contributed by atoms with Crippen LogP contribution in [0.5, 0.6) is 5.75 Å². The van der Waals surface area contributed by atoms with Crippen molar-refractivity contribution in [1.82, 2.24) is 0 Å². The first-order valence-corrected chi connectivity index (χ1v) is 16.0. The van der Waals surface area contributed by atoms with Crippen LogP contribution in [0.4, 0.5) is 0 Å². The predicted octanol–water partition coefficient (Wildman–Crippen LogP) is 9.36. The first-order valence-electron chi connectivity index (χ1n) is 16.0. The highest BCUT2D eigenvalue weighted by atomic mass is 16.5. The van der Waals surface area contributed by atoms with Crippen LogP contribution >= 0.6 is 0 Å². The number of phenolic OH excluding ortho intramolecular Hbond substituents is 1.